The molecule has 2 rings (SSSR count). The predicted octanol–water partition coefficient (Wildman–Crippen LogP) is 6.47. The van der Waals surface area contributed by atoms with Crippen LogP contribution in [0, 0.1) is 26.7 Å². The minimum absolute atomic E-state index is 0.235. The molecule has 0 bridgehead atoms. The molecular weight excluding hydrogens is 478 g/mol. The van der Waals surface area contributed by atoms with Gasteiger partial charge in [0, 0.05) is 11.7 Å². The third-order valence-corrected chi connectivity index (χ3v) is 6.57. The monoisotopic (exact) mass is 523 g/mol. The van der Waals surface area contributed by atoms with Gasteiger partial charge in [0.25, 0.3) is 5.91 Å². The lowest BCUT2D eigenvalue weighted by atomic mass is 9.93. The summed E-state index contributed by atoms with van der Waals surface area (Å²) in [7, 11) is 0. The number of ether oxygens (including phenoxy) is 1. The van der Waals surface area contributed by atoms with Crippen LogP contribution in [0.5, 0.6) is 0 Å². The number of alkyl carbamates (subject to hydrolysis) is 1. The highest BCUT2D eigenvalue weighted by Gasteiger charge is 2.40. The summed E-state index contributed by atoms with van der Waals surface area (Å²) in [5.74, 6) is -0.870. The van der Waals surface area contributed by atoms with Crippen molar-refractivity contribution >= 4 is 23.6 Å². The van der Waals surface area contributed by atoms with E-state index >= 15 is 0 Å². The normalized spacial score (nSPS) is 13.9. The molecule has 3 amide bonds. The van der Waals surface area contributed by atoms with Crippen LogP contribution in [0.1, 0.15) is 83.2 Å². The average Bonchev–Trinajstić information content (AvgIpc) is 2.80. The van der Waals surface area contributed by atoms with Gasteiger partial charge in [-0.3, -0.25) is 9.59 Å². The number of hydrogen-bond acceptors (Lipinski definition) is 4. The molecule has 0 aromatic heterocycles. The fourth-order valence-electron chi connectivity index (χ4n) is 4.37. The number of nitrogens with zero attached hydrogens (tertiary/aromatic N) is 1. The van der Waals surface area contributed by atoms with E-state index in [-0.39, 0.29) is 23.8 Å². The van der Waals surface area contributed by atoms with Gasteiger partial charge in [0.1, 0.15) is 17.7 Å². The average molecular weight is 524 g/mol. The second-order valence-electron chi connectivity index (χ2n) is 11.4. The third kappa shape index (κ3) is 8.07. The molecule has 38 heavy (non-hydrogen) atoms. The summed E-state index contributed by atoms with van der Waals surface area (Å²) in [5.41, 5.74) is 3.63. The van der Waals surface area contributed by atoms with Gasteiger partial charge in [0.05, 0.1) is 0 Å². The van der Waals surface area contributed by atoms with Crippen LogP contribution in [0.3, 0.4) is 0 Å². The van der Waals surface area contributed by atoms with Crippen molar-refractivity contribution in [3.05, 3.63) is 64.7 Å². The Kier molecular flexibility index (Phi) is 10.5. The highest BCUT2D eigenvalue weighted by Crippen LogP contribution is 2.31. The van der Waals surface area contributed by atoms with Crippen LogP contribution in [0.15, 0.2) is 42.5 Å². The zero-order chi connectivity index (χ0) is 28.8. The number of benzene rings is 2. The first-order valence-corrected chi connectivity index (χ1v) is 13.4. The van der Waals surface area contributed by atoms with Crippen molar-refractivity contribution in [1.82, 2.24) is 10.2 Å². The summed E-state index contributed by atoms with van der Waals surface area (Å²) in [5, 5.41) is 5.84. The number of rotatable bonds is 9. The molecule has 7 nitrogen and oxygen atoms in total. The number of anilines is 1. The molecule has 0 aliphatic carbocycles. The van der Waals surface area contributed by atoms with Crippen LogP contribution in [0.25, 0.3) is 0 Å². The molecule has 208 valence electrons. The molecule has 3 atom stereocenters. The van der Waals surface area contributed by atoms with Crippen molar-refractivity contribution in [2.24, 2.45) is 5.92 Å². The van der Waals surface area contributed by atoms with Gasteiger partial charge >= 0.3 is 6.09 Å². The van der Waals surface area contributed by atoms with Crippen LogP contribution in [-0.2, 0) is 14.3 Å². The topological polar surface area (TPSA) is 87.7 Å². The highest BCUT2D eigenvalue weighted by atomic mass is 16.6. The van der Waals surface area contributed by atoms with Crippen LogP contribution >= 0.6 is 0 Å². The molecule has 0 fully saturated rings. The molecule has 3 unspecified atom stereocenters. The van der Waals surface area contributed by atoms with E-state index in [1.165, 1.54) is 0 Å². The first-order valence-electron chi connectivity index (χ1n) is 13.4. The summed E-state index contributed by atoms with van der Waals surface area (Å²) in [6.07, 6.45) is -0.0386. The molecular formula is C31H45N3O4. The van der Waals surface area contributed by atoms with E-state index in [2.05, 4.69) is 10.6 Å². The van der Waals surface area contributed by atoms with Crippen molar-refractivity contribution < 1.29 is 19.1 Å². The van der Waals surface area contributed by atoms with Crippen molar-refractivity contribution in [2.45, 2.75) is 99.4 Å². The van der Waals surface area contributed by atoms with Crippen LogP contribution in [0.4, 0.5) is 10.5 Å². The van der Waals surface area contributed by atoms with Gasteiger partial charge in [-0.15, -0.1) is 0 Å². The van der Waals surface area contributed by atoms with Gasteiger partial charge in [0.2, 0.25) is 5.91 Å². The molecule has 2 aromatic carbocycles. The Morgan fingerprint density at radius 3 is 2.11 bits per heavy atom. The van der Waals surface area contributed by atoms with E-state index in [1.807, 2.05) is 90.9 Å². The Morgan fingerprint density at radius 1 is 0.947 bits per heavy atom. The standard InChI is InChI=1S/C31H45N3O4/c1-11-23(7)34(29(36)26(19(2)3)33-30(37)38-31(8,9)10)27(24-17-16-20(4)18-22(24)6)28(35)32-25-15-13-12-14-21(25)5/h12-19,23,26-27H,11H2,1-10H3,(H,32,35)(H,33,37). The largest absolute Gasteiger partial charge is 0.444 e. The first kappa shape index (κ1) is 30.9. The maximum atomic E-state index is 14.3. The molecule has 0 saturated heterocycles. The lowest BCUT2D eigenvalue weighted by Crippen LogP contribution is -2.56. The number of carbonyl (C=O) groups excluding carboxylic acids is 3. The minimum Gasteiger partial charge on any atom is -0.444 e. The van der Waals surface area contributed by atoms with Crippen molar-refractivity contribution in [1.29, 1.82) is 0 Å². The number of hydrogen-bond donors (Lipinski definition) is 2. The van der Waals surface area contributed by atoms with Gasteiger partial charge in [-0.1, -0.05) is 62.7 Å². The van der Waals surface area contributed by atoms with E-state index in [1.54, 1.807) is 25.7 Å². The molecule has 0 aliphatic rings. The lowest BCUT2D eigenvalue weighted by molar-refractivity contribution is -0.144. The predicted molar refractivity (Wildman–Crippen MR) is 153 cm³/mol. The maximum absolute atomic E-state index is 14.3. The SMILES string of the molecule is CCC(C)N(C(=O)C(NC(=O)OC(C)(C)C)C(C)C)C(C(=O)Nc1ccccc1C)c1ccc(C)cc1C. The number of aryl methyl sites for hydroxylation is 3. The number of amides is 3. The van der Waals surface area contributed by atoms with Crippen molar-refractivity contribution in [2.75, 3.05) is 5.32 Å². The van der Waals surface area contributed by atoms with Crippen molar-refractivity contribution in [3.63, 3.8) is 0 Å². The van der Waals surface area contributed by atoms with Gasteiger partial charge in [0.15, 0.2) is 0 Å². The second kappa shape index (κ2) is 12.9. The first-order chi connectivity index (χ1) is 17.7. The Morgan fingerprint density at radius 2 is 1.58 bits per heavy atom. The molecule has 0 aliphatic heterocycles. The number of nitrogens with one attached hydrogen (secondary N) is 2. The van der Waals surface area contributed by atoms with E-state index < -0.39 is 23.8 Å². The third-order valence-electron chi connectivity index (χ3n) is 6.57. The summed E-state index contributed by atoms with van der Waals surface area (Å²) < 4.78 is 5.45. The molecule has 7 heteroatoms. The smallest absolute Gasteiger partial charge is 0.408 e. The van der Waals surface area contributed by atoms with Gasteiger partial charge in [-0.2, -0.15) is 0 Å². The summed E-state index contributed by atoms with van der Waals surface area (Å²) in [6.45, 7) is 18.9. The molecule has 2 aromatic rings. The minimum atomic E-state index is -0.903. The zero-order valence-corrected chi connectivity index (χ0v) is 24.6. The molecule has 0 radical (unpaired) electrons. The molecule has 0 spiro atoms. The van der Waals surface area contributed by atoms with Crippen LogP contribution < -0.4 is 10.6 Å². The fourth-order valence-corrected chi connectivity index (χ4v) is 4.37. The Balaban J connectivity index is 2.62. The summed E-state index contributed by atoms with van der Waals surface area (Å²) >= 11 is 0. The number of carbonyl (C=O) groups is 3. The Labute approximate surface area is 228 Å². The fraction of sp³-hybridized carbons (Fsp3) is 0.516. The van der Waals surface area contributed by atoms with Crippen LogP contribution in [0.2, 0.25) is 0 Å². The van der Waals surface area contributed by atoms with Crippen molar-refractivity contribution in [3.8, 4) is 0 Å². The van der Waals surface area contributed by atoms with E-state index in [9.17, 15) is 14.4 Å². The Bertz CT molecular complexity index is 1140. The molecule has 2 N–H and O–H groups in total. The lowest BCUT2D eigenvalue weighted by Gasteiger charge is -2.39. The second-order valence-corrected chi connectivity index (χ2v) is 11.4. The molecule has 0 saturated carbocycles. The van der Waals surface area contributed by atoms with E-state index in [4.69, 9.17) is 4.74 Å². The molecule has 0 heterocycles. The van der Waals surface area contributed by atoms with Gasteiger partial charge < -0.3 is 20.3 Å². The quantitative estimate of drug-likeness (QED) is 0.394. The zero-order valence-electron chi connectivity index (χ0n) is 24.6. The summed E-state index contributed by atoms with van der Waals surface area (Å²) in [4.78, 5) is 42.7. The van der Waals surface area contributed by atoms with Gasteiger partial charge in [-0.05, 0) is 83.6 Å². The van der Waals surface area contributed by atoms with E-state index in [0.29, 0.717) is 12.1 Å². The maximum Gasteiger partial charge on any atom is 0.408 e. The Hall–Kier alpha value is -3.35. The van der Waals surface area contributed by atoms with E-state index in [0.717, 1.165) is 22.3 Å². The highest BCUT2D eigenvalue weighted by molar-refractivity contribution is 5.99. The summed E-state index contributed by atoms with van der Waals surface area (Å²) in [6, 6.07) is 11.4. The number of para-hydroxylation sites is 1. The van der Waals surface area contributed by atoms with Gasteiger partial charge in [-0.25, -0.2) is 4.79 Å². The van der Waals surface area contributed by atoms with Crippen LogP contribution in [-0.4, -0.2) is 40.5 Å².